The van der Waals surface area contributed by atoms with Gasteiger partial charge in [-0.25, -0.2) is 0 Å². The molecule has 0 unspecified atom stereocenters. The van der Waals surface area contributed by atoms with Crippen molar-refractivity contribution >= 4 is 29.2 Å². The molecule has 0 atom stereocenters. The Labute approximate surface area is 127 Å². The van der Waals surface area contributed by atoms with Crippen LogP contribution in [0.2, 0.25) is 5.02 Å². The second-order valence-electron chi connectivity index (χ2n) is 4.51. The van der Waals surface area contributed by atoms with E-state index >= 15 is 0 Å². The molecule has 1 heterocycles. The maximum atomic E-state index is 11.8. The zero-order chi connectivity index (χ0) is 15.2. The average Bonchev–Trinajstić information content (AvgIpc) is 2.53. The van der Waals surface area contributed by atoms with Gasteiger partial charge in [-0.1, -0.05) is 11.6 Å². The number of carbonyl (C=O) groups is 3. The largest absolute Gasteiger partial charge is 0.378 e. The van der Waals surface area contributed by atoms with E-state index < -0.39 is 11.7 Å². The topological polar surface area (TPSA) is 75.7 Å². The van der Waals surface area contributed by atoms with Gasteiger partial charge in [0.2, 0.25) is 11.7 Å². The predicted molar refractivity (Wildman–Crippen MR) is 76.2 cm³/mol. The fourth-order valence-electron chi connectivity index (χ4n) is 1.89. The van der Waals surface area contributed by atoms with E-state index in [0.717, 1.165) is 0 Å². The van der Waals surface area contributed by atoms with Crippen molar-refractivity contribution in [2.45, 2.75) is 0 Å². The van der Waals surface area contributed by atoms with Crippen molar-refractivity contribution in [3.05, 3.63) is 34.9 Å². The second kappa shape index (κ2) is 7.19. The summed E-state index contributed by atoms with van der Waals surface area (Å²) in [6.45, 7) is 1.78. The van der Waals surface area contributed by atoms with Crippen molar-refractivity contribution in [1.82, 2.24) is 10.2 Å². The number of ether oxygens (including phenoxy) is 1. The second-order valence-corrected chi connectivity index (χ2v) is 4.95. The van der Waals surface area contributed by atoms with Gasteiger partial charge in [-0.15, -0.1) is 0 Å². The van der Waals surface area contributed by atoms with Gasteiger partial charge in [0.05, 0.1) is 19.8 Å². The SMILES string of the molecule is O=C(NCC(=O)N1CCOCC1)C(=O)c1ccc(Cl)cc1. The van der Waals surface area contributed by atoms with Gasteiger partial charge in [-0.05, 0) is 24.3 Å². The number of carbonyl (C=O) groups excluding carboxylic acids is 3. The number of halogens is 1. The predicted octanol–water partition coefficient (Wildman–Crippen LogP) is 0.498. The van der Waals surface area contributed by atoms with Crippen LogP contribution in [0.25, 0.3) is 0 Å². The number of nitrogens with zero attached hydrogens (tertiary/aromatic N) is 1. The quantitative estimate of drug-likeness (QED) is 0.649. The molecule has 1 saturated heterocycles. The molecule has 1 aromatic rings. The van der Waals surface area contributed by atoms with Gasteiger partial charge in [0.15, 0.2) is 0 Å². The first-order chi connectivity index (χ1) is 10.1. The van der Waals surface area contributed by atoms with E-state index in [9.17, 15) is 14.4 Å². The molecular weight excluding hydrogens is 296 g/mol. The fourth-order valence-corrected chi connectivity index (χ4v) is 2.02. The van der Waals surface area contributed by atoms with Crippen molar-refractivity contribution < 1.29 is 19.1 Å². The number of morpholine rings is 1. The van der Waals surface area contributed by atoms with E-state index in [1.165, 1.54) is 24.3 Å². The first-order valence-electron chi connectivity index (χ1n) is 6.51. The summed E-state index contributed by atoms with van der Waals surface area (Å²) >= 11 is 5.71. The highest BCUT2D eigenvalue weighted by molar-refractivity contribution is 6.43. The van der Waals surface area contributed by atoms with Gasteiger partial charge < -0.3 is 15.0 Å². The van der Waals surface area contributed by atoms with Crippen molar-refractivity contribution in [3.8, 4) is 0 Å². The Morgan fingerprint density at radius 1 is 1.14 bits per heavy atom. The number of hydrogen-bond acceptors (Lipinski definition) is 4. The van der Waals surface area contributed by atoms with E-state index in [4.69, 9.17) is 16.3 Å². The van der Waals surface area contributed by atoms with Crippen LogP contribution in [0.1, 0.15) is 10.4 Å². The molecule has 0 bridgehead atoms. The Kier molecular flexibility index (Phi) is 5.30. The summed E-state index contributed by atoms with van der Waals surface area (Å²) in [6.07, 6.45) is 0. The zero-order valence-corrected chi connectivity index (χ0v) is 12.1. The minimum absolute atomic E-state index is 0.196. The Bertz CT molecular complexity index is 538. The van der Waals surface area contributed by atoms with E-state index in [-0.39, 0.29) is 18.0 Å². The minimum atomic E-state index is -0.807. The monoisotopic (exact) mass is 310 g/mol. The van der Waals surface area contributed by atoms with Crippen LogP contribution in [-0.2, 0) is 14.3 Å². The van der Waals surface area contributed by atoms with Crippen LogP contribution in [-0.4, -0.2) is 55.3 Å². The van der Waals surface area contributed by atoms with Gasteiger partial charge in [0.1, 0.15) is 0 Å². The molecule has 1 fully saturated rings. The van der Waals surface area contributed by atoms with Crippen LogP contribution in [0.15, 0.2) is 24.3 Å². The molecule has 1 aliphatic heterocycles. The Morgan fingerprint density at radius 3 is 2.38 bits per heavy atom. The number of benzene rings is 1. The van der Waals surface area contributed by atoms with Crippen molar-refractivity contribution in [3.63, 3.8) is 0 Å². The first-order valence-corrected chi connectivity index (χ1v) is 6.89. The molecule has 2 amide bonds. The molecule has 0 aliphatic carbocycles. The number of Topliss-reactive ketones (excluding diaryl/α,β-unsaturated/α-hetero) is 1. The Hall–Kier alpha value is -1.92. The van der Waals surface area contributed by atoms with Crippen LogP contribution in [0.4, 0.5) is 0 Å². The molecule has 0 saturated carbocycles. The molecular formula is C14H15ClN2O4. The molecule has 2 rings (SSSR count). The standard InChI is InChI=1S/C14H15ClN2O4/c15-11-3-1-10(2-4-11)13(19)14(20)16-9-12(18)17-5-7-21-8-6-17/h1-4H,5-9H2,(H,16,20). The van der Waals surface area contributed by atoms with E-state index in [0.29, 0.717) is 31.3 Å². The summed E-state index contributed by atoms with van der Waals surface area (Å²) in [6, 6.07) is 5.99. The number of rotatable bonds is 4. The molecule has 112 valence electrons. The summed E-state index contributed by atoms with van der Waals surface area (Å²) in [7, 11) is 0. The lowest BCUT2D eigenvalue weighted by Gasteiger charge is -2.26. The molecule has 6 nitrogen and oxygen atoms in total. The maximum Gasteiger partial charge on any atom is 0.292 e. The highest BCUT2D eigenvalue weighted by Crippen LogP contribution is 2.10. The summed E-state index contributed by atoms with van der Waals surface area (Å²) in [5.41, 5.74) is 0.232. The van der Waals surface area contributed by atoms with Crippen molar-refractivity contribution in [2.24, 2.45) is 0 Å². The third-order valence-corrected chi connectivity index (χ3v) is 3.33. The summed E-state index contributed by atoms with van der Waals surface area (Å²) in [4.78, 5) is 37.0. The van der Waals surface area contributed by atoms with Gasteiger partial charge in [-0.3, -0.25) is 14.4 Å². The highest BCUT2D eigenvalue weighted by Gasteiger charge is 2.20. The third kappa shape index (κ3) is 4.27. The molecule has 0 spiro atoms. The summed E-state index contributed by atoms with van der Waals surface area (Å²) < 4.78 is 5.14. The van der Waals surface area contributed by atoms with Gasteiger partial charge >= 0.3 is 0 Å². The zero-order valence-electron chi connectivity index (χ0n) is 11.3. The molecule has 1 aromatic carbocycles. The van der Waals surface area contributed by atoms with Crippen LogP contribution in [0.5, 0.6) is 0 Å². The number of nitrogens with one attached hydrogen (secondary N) is 1. The average molecular weight is 311 g/mol. The van der Waals surface area contributed by atoms with Crippen LogP contribution < -0.4 is 5.32 Å². The van der Waals surface area contributed by atoms with Gasteiger partial charge in [0.25, 0.3) is 5.91 Å². The van der Waals surface area contributed by atoms with E-state index in [1.54, 1.807) is 4.90 Å². The van der Waals surface area contributed by atoms with Crippen molar-refractivity contribution in [1.29, 1.82) is 0 Å². The molecule has 1 N–H and O–H groups in total. The fraction of sp³-hybridized carbons (Fsp3) is 0.357. The van der Waals surface area contributed by atoms with Crippen molar-refractivity contribution in [2.75, 3.05) is 32.8 Å². The van der Waals surface area contributed by atoms with Crippen LogP contribution in [0.3, 0.4) is 0 Å². The molecule has 21 heavy (non-hydrogen) atoms. The smallest absolute Gasteiger partial charge is 0.292 e. The van der Waals surface area contributed by atoms with Crippen LogP contribution in [0, 0.1) is 0 Å². The highest BCUT2D eigenvalue weighted by atomic mass is 35.5. The lowest BCUT2D eigenvalue weighted by Crippen LogP contribution is -2.46. The number of amides is 2. The molecule has 0 radical (unpaired) electrons. The minimum Gasteiger partial charge on any atom is -0.378 e. The first kappa shape index (κ1) is 15.5. The molecule has 0 aromatic heterocycles. The number of ketones is 1. The summed E-state index contributed by atoms with van der Waals surface area (Å²) in [5.74, 6) is -1.73. The van der Waals surface area contributed by atoms with Crippen LogP contribution >= 0.6 is 11.6 Å². The van der Waals surface area contributed by atoms with E-state index in [2.05, 4.69) is 5.32 Å². The lowest BCUT2D eigenvalue weighted by molar-refractivity contribution is -0.135. The van der Waals surface area contributed by atoms with Gasteiger partial charge in [0, 0.05) is 23.7 Å². The third-order valence-electron chi connectivity index (χ3n) is 3.08. The van der Waals surface area contributed by atoms with E-state index in [1.807, 2.05) is 0 Å². The molecule has 1 aliphatic rings. The lowest BCUT2D eigenvalue weighted by atomic mass is 10.1. The number of hydrogen-bond donors (Lipinski definition) is 1. The van der Waals surface area contributed by atoms with Gasteiger partial charge in [-0.2, -0.15) is 0 Å². The maximum absolute atomic E-state index is 11.8. The Balaban J connectivity index is 1.84. The Morgan fingerprint density at radius 2 is 1.76 bits per heavy atom. The normalized spacial score (nSPS) is 14.6. The summed E-state index contributed by atoms with van der Waals surface area (Å²) in [5, 5.41) is 2.82. The molecule has 7 heteroatoms.